The van der Waals surface area contributed by atoms with Crippen molar-refractivity contribution >= 4 is 48.7 Å². The van der Waals surface area contributed by atoms with Crippen molar-refractivity contribution in [1.29, 1.82) is 0 Å². The number of anilines is 2. The number of rotatable bonds is 6. The van der Waals surface area contributed by atoms with Gasteiger partial charge in [0.15, 0.2) is 0 Å². The van der Waals surface area contributed by atoms with Gasteiger partial charge in [-0.05, 0) is 66.2 Å². The largest absolute Gasteiger partial charge is 0.372 e. The highest BCUT2D eigenvalue weighted by Gasteiger charge is 2.16. The van der Waals surface area contributed by atoms with Crippen LogP contribution in [0.15, 0.2) is 44.4 Å². The highest BCUT2D eigenvalue weighted by molar-refractivity contribution is 9.11. The van der Waals surface area contributed by atoms with Crippen molar-refractivity contribution in [1.82, 2.24) is 0 Å². The number of benzene rings is 1. The summed E-state index contributed by atoms with van der Waals surface area (Å²) in [6.45, 7) is 6.03. The SMILES string of the molecule is CCN(CC)c1ccc(NS(=O)(=O)c2ccc(Br)s2)cc1. The number of halogens is 1. The summed E-state index contributed by atoms with van der Waals surface area (Å²) in [6, 6.07) is 10.7. The van der Waals surface area contributed by atoms with E-state index >= 15 is 0 Å². The van der Waals surface area contributed by atoms with Gasteiger partial charge in [-0.15, -0.1) is 11.3 Å². The number of hydrogen-bond acceptors (Lipinski definition) is 4. The van der Waals surface area contributed by atoms with E-state index in [1.807, 2.05) is 12.1 Å². The van der Waals surface area contributed by atoms with E-state index < -0.39 is 10.0 Å². The van der Waals surface area contributed by atoms with Crippen LogP contribution in [0, 0.1) is 0 Å². The first-order valence-corrected chi connectivity index (χ1v) is 9.68. The molecule has 1 aromatic carbocycles. The Balaban J connectivity index is 2.17. The van der Waals surface area contributed by atoms with Crippen molar-refractivity contribution in [2.45, 2.75) is 18.1 Å². The summed E-state index contributed by atoms with van der Waals surface area (Å²) in [4.78, 5) is 2.20. The molecule has 0 atom stereocenters. The molecule has 0 spiro atoms. The third-order valence-corrected chi connectivity index (χ3v) is 6.56. The molecule has 2 rings (SSSR count). The van der Waals surface area contributed by atoms with Gasteiger partial charge in [-0.25, -0.2) is 8.42 Å². The first kappa shape index (κ1) is 16.3. The van der Waals surface area contributed by atoms with Gasteiger partial charge in [0.2, 0.25) is 0 Å². The average Bonchev–Trinajstić information content (AvgIpc) is 2.89. The van der Waals surface area contributed by atoms with E-state index in [4.69, 9.17) is 0 Å². The molecular weight excluding hydrogens is 372 g/mol. The molecule has 7 heteroatoms. The van der Waals surface area contributed by atoms with Crippen LogP contribution >= 0.6 is 27.3 Å². The molecule has 0 bridgehead atoms. The molecule has 0 saturated carbocycles. The third kappa shape index (κ3) is 3.99. The lowest BCUT2D eigenvalue weighted by Gasteiger charge is -2.21. The van der Waals surface area contributed by atoms with Gasteiger partial charge in [0.1, 0.15) is 4.21 Å². The highest BCUT2D eigenvalue weighted by atomic mass is 79.9. The molecule has 0 aliphatic rings. The second kappa shape index (κ2) is 6.81. The van der Waals surface area contributed by atoms with Gasteiger partial charge < -0.3 is 4.90 Å². The van der Waals surface area contributed by atoms with E-state index in [1.165, 1.54) is 11.3 Å². The first-order valence-electron chi connectivity index (χ1n) is 6.59. The lowest BCUT2D eigenvalue weighted by atomic mass is 10.2. The summed E-state index contributed by atoms with van der Waals surface area (Å²) in [5, 5.41) is 0. The number of hydrogen-bond donors (Lipinski definition) is 1. The lowest BCUT2D eigenvalue weighted by Crippen LogP contribution is -2.21. The predicted molar refractivity (Wildman–Crippen MR) is 92.8 cm³/mol. The number of thiophene rings is 1. The van der Waals surface area contributed by atoms with Crippen LogP contribution in [0.1, 0.15) is 13.8 Å². The maximum atomic E-state index is 12.2. The van der Waals surface area contributed by atoms with Gasteiger partial charge in [0.05, 0.1) is 3.79 Å². The topological polar surface area (TPSA) is 49.4 Å². The maximum absolute atomic E-state index is 12.2. The fourth-order valence-corrected chi connectivity index (χ4v) is 5.05. The molecule has 21 heavy (non-hydrogen) atoms. The van der Waals surface area contributed by atoms with E-state index in [9.17, 15) is 8.42 Å². The molecule has 0 unspecified atom stereocenters. The quantitative estimate of drug-likeness (QED) is 0.807. The number of sulfonamides is 1. The summed E-state index contributed by atoms with van der Waals surface area (Å²) in [6.07, 6.45) is 0. The Morgan fingerprint density at radius 2 is 1.71 bits per heavy atom. The third-order valence-electron chi connectivity index (χ3n) is 3.06. The fraction of sp³-hybridized carbons (Fsp3) is 0.286. The van der Waals surface area contributed by atoms with Gasteiger partial charge >= 0.3 is 0 Å². The molecule has 114 valence electrons. The minimum absolute atomic E-state index is 0.294. The first-order chi connectivity index (χ1) is 9.96. The highest BCUT2D eigenvalue weighted by Crippen LogP contribution is 2.28. The molecule has 0 aliphatic heterocycles. The monoisotopic (exact) mass is 388 g/mol. The summed E-state index contributed by atoms with van der Waals surface area (Å²) < 4.78 is 28.1. The van der Waals surface area contributed by atoms with Crippen molar-refractivity contribution in [3.05, 3.63) is 40.2 Å². The molecule has 0 aliphatic carbocycles. The number of nitrogens with zero attached hydrogens (tertiary/aromatic N) is 1. The van der Waals surface area contributed by atoms with E-state index in [0.29, 0.717) is 9.90 Å². The Hall–Kier alpha value is -1.05. The zero-order valence-electron chi connectivity index (χ0n) is 11.8. The van der Waals surface area contributed by atoms with Gasteiger partial charge in [-0.3, -0.25) is 4.72 Å². The van der Waals surface area contributed by atoms with Crippen LogP contribution < -0.4 is 9.62 Å². The second-order valence-electron chi connectivity index (χ2n) is 4.38. The summed E-state index contributed by atoms with van der Waals surface area (Å²) >= 11 is 4.46. The zero-order valence-corrected chi connectivity index (χ0v) is 15.1. The van der Waals surface area contributed by atoms with Crippen LogP contribution in [0.2, 0.25) is 0 Å². The van der Waals surface area contributed by atoms with Crippen LogP contribution in [0.25, 0.3) is 0 Å². The average molecular weight is 389 g/mol. The molecular formula is C14H17BrN2O2S2. The standard InChI is InChI=1S/C14H17BrN2O2S2/c1-3-17(4-2)12-7-5-11(6-8-12)16-21(18,19)14-10-9-13(15)20-14/h5-10,16H,3-4H2,1-2H3. The molecule has 1 heterocycles. The molecule has 1 N–H and O–H groups in total. The normalized spacial score (nSPS) is 11.4. The van der Waals surface area contributed by atoms with Crippen LogP contribution in [-0.2, 0) is 10.0 Å². The van der Waals surface area contributed by atoms with Crippen molar-refractivity contribution in [2.24, 2.45) is 0 Å². The Bertz CT molecular complexity index is 692. The van der Waals surface area contributed by atoms with Crippen LogP contribution in [-0.4, -0.2) is 21.5 Å². The zero-order chi connectivity index (χ0) is 15.5. The fourth-order valence-electron chi connectivity index (χ4n) is 1.98. The molecule has 1 aromatic heterocycles. The summed E-state index contributed by atoms with van der Waals surface area (Å²) in [5.74, 6) is 0. The van der Waals surface area contributed by atoms with Crippen molar-refractivity contribution in [3.8, 4) is 0 Å². The maximum Gasteiger partial charge on any atom is 0.271 e. The lowest BCUT2D eigenvalue weighted by molar-refractivity contribution is 0.603. The van der Waals surface area contributed by atoms with E-state index in [0.717, 1.165) is 22.6 Å². The van der Waals surface area contributed by atoms with E-state index in [1.54, 1.807) is 24.3 Å². The van der Waals surface area contributed by atoms with Crippen molar-refractivity contribution in [2.75, 3.05) is 22.7 Å². The van der Waals surface area contributed by atoms with Gasteiger partial charge in [-0.2, -0.15) is 0 Å². The van der Waals surface area contributed by atoms with Crippen molar-refractivity contribution in [3.63, 3.8) is 0 Å². The molecule has 2 aromatic rings. The van der Waals surface area contributed by atoms with Gasteiger partial charge in [0, 0.05) is 24.5 Å². The van der Waals surface area contributed by atoms with Gasteiger partial charge in [-0.1, -0.05) is 0 Å². The molecule has 0 radical (unpaired) electrons. The van der Waals surface area contributed by atoms with Crippen molar-refractivity contribution < 1.29 is 8.42 Å². The van der Waals surface area contributed by atoms with Gasteiger partial charge in [0.25, 0.3) is 10.0 Å². The Labute approximate surface area is 138 Å². The Morgan fingerprint density at radius 3 is 2.19 bits per heavy atom. The van der Waals surface area contributed by atoms with E-state index in [2.05, 4.69) is 39.4 Å². The Kier molecular flexibility index (Phi) is 5.29. The second-order valence-corrected chi connectivity index (χ2v) is 8.76. The minimum atomic E-state index is -3.51. The molecule has 0 amide bonds. The minimum Gasteiger partial charge on any atom is -0.372 e. The number of nitrogens with one attached hydrogen (secondary N) is 1. The smallest absolute Gasteiger partial charge is 0.271 e. The van der Waals surface area contributed by atoms with Crippen LogP contribution in [0.4, 0.5) is 11.4 Å². The Morgan fingerprint density at radius 1 is 1.10 bits per heavy atom. The van der Waals surface area contributed by atoms with E-state index in [-0.39, 0.29) is 0 Å². The summed E-state index contributed by atoms with van der Waals surface area (Å²) in [5.41, 5.74) is 1.65. The predicted octanol–water partition coefficient (Wildman–Crippen LogP) is 4.16. The van der Waals surface area contributed by atoms with Crippen LogP contribution in [0.5, 0.6) is 0 Å². The molecule has 0 fully saturated rings. The molecule has 0 saturated heterocycles. The summed E-state index contributed by atoms with van der Waals surface area (Å²) in [7, 11) is -3.51. The molecule has 4 nitrogen and oxygen atoms in total. The van der Waals surface area contributed by atoms with Crippen LogP contribution in [0.3, 0.4) is 0 Å².